The predicted octanol–water partition coefficient (Wildman–Crippen LogP) is 1.99. The monoisotopic (exact) mass is 239 g/mol. The van der Waals surface area contributed by atoms with Crippen LogP contribution in [0, 0.1) is 6.42 Å². The third-order valence-corrected chi connectivity index (χ3v) is 2.34. The Balaban J connectivity index is 2.07. The fourth-order valence-electron chi connectivity index (χ4n) is 1.44. The first-order valence-corrected chi connectivity index (χ1v) is 5.89. The van der Waals surface area contributed by atoms with E-state index in [1.165, 1.54) is 6.20 Å². The van der Waals surface area contributed by atoms with Crippen LogP contribution in [0.2, 0.25) is 0 Å². The summed E-state index contributed by atoms with van der Waals surface area (Å²) in [5.74, 6) is -0.933. The van der Waals surface area contributed by atoms with Crippen LogP contribution in [0.1, 0.15) is 36.5 Å². The molecule has 0 unspecified atom stereocenters. The normalized spacial score (nSPS) is 10.6. The van der Waals surface area contributed by atoms with Crippen molar-refractivity contribution >= 4 is 5.97 Å². The van der Waals surface area contributed by atoms with Crippen molar-refractivity contribution in [2.75, 3.05) is 13.2 Å². The first-order valence-electron chi connectivity index (χ1n) is 5.89. The van der Waals surface area contributed by atoms with Gasteiger partial charge in [-0.1, -0.05) is 0 Å². The van der Waals surface area contributed by atoms with Gasteiger partial charge in [0.1, 0.15) is 0 Å². The maximum absolute atomic E-state index is 10.6. The van der Waals surface area contributed by atoms with Crippen molar-refractivity contribution < 1.29 is 14.6 Å². The lowest BCUT2D eigenvalue weighted by molar-refractivity contribution is 0.0696. The number of aromatic carboxylic acids is 1. The van der Waals surface area contributed by atoms with Crippen molar-refractivity contribution in [2.24, 2.45) is 0 Å². The maximum Gasteiger partial charge on any atom is 0.338 e. The topological polar surface area (TPSA) is 64.3 Å². The van der Waals surface area contributed by atoms with Crippen LogP contribution in [-0.2, 0) is 11.3 Å². The van der Waals surface area contributed by atoms with Crippen molar-refractivity contribution in [3.63, 3.8) is 0 Å². The van der Waals surface area contributed by atoms with Crippen LogP contribution in [0.4, 0.5) is 0 Å². The summed E-state index contributed by atoms with van der Waals surface area (Å²) in [5, 5.41) is 12.7. The molecule has 1 aromatic heterocycles. The van der Waals surface area contributed by atoms with E-state index in [0.717, 1.165) is 39.0 Å². The summed E-state index contributed by atoms with van der Waals surface area (Å²) < 4.78 is 6.88. The van der Waals surface area contributed by atoms with Crippen LogP contribution in [0.3, 0.4) is 0 Å². The molecule has 0 aliphatic heterocycles. The Labute approximate surface area is 101 Å². The number of rotatable bonds is 9. The first-order chi connectivity index (χ1) is 8.24. The van der Waals surface area contributed by atoms with Crippen molar-refractivity contribution in [2.45, 2.75) is 32.7 Å². The second-order valence-corrected chi connectivity index (χ2v) is 3.71. The molecule has 5 nitrogen and oxygen atoms in total. The molecule has 5 heteroatoms. The molecule has 0 atom stereocenters. The summed E-state index contributed by atoms with van der Waals surface area (Å²) in [4.78, 5) is 10.6. The van der Waals surface area contributed by atoms with Crippen molar-refractivity contribution in [1.29, 1.82) is 0 Å². The number of hydrogen-bond donors (Lipinski definition) is 1. The van der Waals surface area contributed by atoms with Crippen molar-refractivity contribution in [3.05, 3.63) is 24.4 Å². The zero-order valence-corrected chi connectivity index (χ0v) is 10.1. The van der Waals surface area contributed by atoms with Crippen LogP contribution in [-0.4, -0.2) is 34.1 Å². The van der Waals surface area contributed by atoms with Crippen molar-refractivity contribution in [1.82, 2.24) is 9.78 Å². The molecule has 95 valence electrons. The highest BCUT2D eigenvalue weighted by Crippen LogP contribution is 2.03. The van der Waals surface area contributed by atoms with Gasteiger partial charge in [-0.15, -0.1) is 0 Å². The lowest BCUT2D eigenvalue weighted by Crippen LogP contribution is -2.00. The van der Waals surface area contributed by atoms with Gasteiger partial charge in [-0.2, -0.15) is 5.10 Å². The van der Waals surface area contributed by atoms with Gasteiger partial charge < -0.3 is 9.84 Å². The lowest BCUT2D eigenvalue weighted by atomic mass is 10.2. The summed E-state index contributed by atoms with van der Waals surface area (Å²) in [6, 6.07) is 0. The number of aromatic nitrogens is 2. The van der Waals surface area contributed by atoms with Gasteiger partial charge in [-0.05, 0) is 32.6 Å². The minimum Gasteiger partial charge on any atom is -0.478 e. The summed E-state index contributed by atoms with van der Waals surface area (Å²) in [6.07, 6.45) is 8.06. The van der Waals surface area contributed by atoms with E-state index >= 15 is 0 Å². The third-order valence-electron chi connectivity index (χ3n) is 2.34. The molecule has 1 rings (SSSR count). The molecule has 0 amide bonds. The number of unbranched alkanes of at least 4 members (excludes halogenated alkanes) is 3. The van der Waals surface area contributed by atoms with E-state index in [0.29, 0.717) is 0 Å². The smallest absolute Gasteiger partial charge is 0.338 e. The van der Waals surface area contributed by atoms with E-state index in [1.54, 1.807) is 10.9 Å². The number of carboxylic acid groups (broad SMARTS) is 1. The third kappa shape index (κ3) is 5.49. The molecule has 0 bridgehead atoms. The summed E-state index contributed by atoms with van der Waals surface area (Å²) in [6.45, 7) is 4.28. The summed E-state index contributed by atoms with van der Waals surface area (Å²) in [5.41, 5.74) is 0.237. The second kappa shape index (κ2) is 7.84. The summed E-state index contributed by atoms with van der Waals surface area (Å²) in [7, 11) is 0. The minimum atomic E-state index is -0.933. The number of hydrogen-bond acceptors (Lipinski definition) is 3. The molecular formula is C12H19N2O3. The highest BCUT2D eigenvalue weighted by Gasteiger charge is 2.05. The molecule has 1 radical (unpaired) electrons. The van der Waals surface area contributed by atoms with E-state index < -0.39 is 5.97 Å². The van der Waals surface area contributed by atoms with Gasteiger partial charge in [0.05, 0.1) is 11.8 Å². The Hall–Kier alpha value is -1.36. The molecule has 0 aliphatic rings. The number of aryl methyl sites for hydroxylation is 1. The average Bonchev–Trinajstić information content (AvgIpc) is 2.77. The molecule has 0 saturated heterocycles. The molecule has 17 heavy (non-hydrogen) atoms. The molecule has 0 fully saturated rings. The number of ether oxygens (including phenoxy) is 1. The highest BCUT2D eigenvalue weighted by atomic mass is 16.5. The molecule has 0 aliphatic carbocycles. The van der Waals surface area contributed by atoms with Gasteiger partial charge in [0.25, 0.3) is 0 Å². The van der Waals surface area contributed by atoms with Gasteiger partial charge in [-0.25, -0.2) is 4.79 Å². The van der Waals surface area contributed by atoms with Gasteiger partial charge in [-0.3, -0.25) is 4.68 Å². The van der Waals surface area contributed by atoms with E-state index in [1.807, 2.05) is 6.92 Å². The fourth-order valence-corrected chi connectivity index (χ4v) is 1.44. The van der Waals surface area contributed by atoms with E-state index in [-0.39, 0.29) is 5.56 Å². The van der Waals surface area contributed by atoms with E-state index in [4.69, 9.17) is 9.84 Å². The number of nitrogens with zero attached hydrogens (tertiary/aromatic N) is 2. The molecule has 0 spiro atoms. The highest BCUT2D eigenvalue weighted by molar-refractivity contribution is 5.86. The average molecular weight is 239 g/mol. The van der Waals surface area contributed by atoms with Gasteiger partial charge in [0.15, 0.2) is 0 Å². The minimum absolute atomic E-state index is 0.237. The SMILES string of the molecule is CCOCCC[CH]CCn1cc(C(=O)O)cn1. The fraction of sp³-hybridized carbons (Fsp3) is 0.583. The van der Waals surface area contributed by atoms with Crippen LogP contribution < -0.4 is 0 Å². The zero-order valence-electron chi connectivity index (χ0n) is 10.1. The maximum atomic E-state index is 10.6. The van der Waals surface area contributed by atoms with Gasteiger partial charge in [0, 0.05) is 26.0 Å². The number of carbonyl (C=O) groups is 1. The first kappa shape index (κ1) is 13.7. The largest absolute Gasteiger partial charge is 0.478 e. The van der Waals surface area contributed by atoms with E-state index in [9.17, 15) is 4.79 Å². The van der Waals surface area contributed by atoms with Crippen LogP contribution in [0.15, 0.2) is 12.4 Å². The zero-order chi connectivity index (χ0) is 12.5. The Kier molecular flexibility index (Phi) is 6.32. The Morgan fingerprint density at radius 2 is 2.41 bits per heavy atom. The molecule has 1 heterocycles. The molecule has 1 aromatic rings. The molecule has 1 N–H and O–H groups in total. The standard InChI is InChI=1S/C12H19N2O3/c1-2-17-8-6-4-3-5-7-14-10-11(9-13-14)12(15)16/h3,9-10H,2,4-8H2,1H3,(H,15,16). The Morgan fingerprint density at radius 1 is 1.59 bits per heavy atom. The quantitative estimate of drug-likeness (QED) is 0.669. The predicted molar refractivity (Wildman–Crippen MR) is 63.8 cm³/mol. The number of carboxylic acids is 1. The Morgan fingerprint density at radius 3 is 3.06 bits per heavy atom. The van der Waals surface area contributed by atoms with Crippen molar-refractivity contribution in [3.8, 4) is 0 Å². The lowest BCUT2D eigenvalue weighted by Gasteiger charge is -2.02. The van der Waals surface area contributed by atoms with Crippen LogP contribution >= 0.6 is 0 Å². The molecule has 0 aromatic carbocycles. The molecule has 0 saturated carbocycles. The van der Waals surface area contributed by atoms with Crippen LogP contribution in [0.5, 0.6) is 0 Å². The second-order valence-electron chi connectivity index (χ2n) is 3.71. The molecular weight excluding hydrogens is 220 g/mol. The van der Waals surface area contributed by atoms with Gasteiger partial charge >= 0.3 is 5.97 Å². The Bertz CT molecular complexity index is 336. The van der Waals surface area contributed by atoms with Gasteiger partial charge in [0.2, 0.25) is 0 Å². The van der Waals surface area contributed by atoms with E-state index in [2.05, 4.69) is 11.5 Å². The van der Waals surface area contributed by atoms with Crippen LogP contribution in [0.25, 0.3) is 0 Å². The summed E-state index contributed by atoms with van der Waals surface area (Å²) >= 11 is 0.